The smallest absolute Gasteiger partial charge is 0.381 e. The van der Waals surface area contributed by atoms with Crippen molar-refractivity contribution >= 4 is 0 Å². The summed E-state index contributed by atoms with van der Waals surface area (Å²) in [5, 5.41) is 3.35. The molecule has 0 aromatic carbocycles. The van der Waals surface area contributed by atoms with Crippen LogP contribution in [0, 0.1) is 5.92 Å². The monoisotopic (exact) mass is 269 g/mol. The van der Waals surface area contributed by atoms with Crippen molar-refractivity contribution in [3.05, 3.63) is 0 Å². The van der Waals surface area contributed by atoms with E-state index in [4.69, 9.17) is 4.74 Å². The van der Waals surface area contributed by atoms with Crippen molar-refractivity contribution in [1.29, 1.82) is 0 Å². The molecular weight excluding hydrogens is 243 g/mol. The molecule has 110 valence electrons. The van der Waals surface area contributed by atoms with Crippen LogP contribution in [0.2, 0.25) is 0 Å². The second-order valence-corrected chi connectivity index (χ2v) is 4.99. The van der Waals surface area contributed by atoms with Crippen LogP contribution >= 0.6 is 0 Å². The Morgan fingerprint density at radius 2 is 1.67 bits per heavy atom. The maximum atomic E-state index is 11.8. The Morgan fingerprint density at radius 1 is 1.00 bits per heavy atom. The molecule has 0 heterocycles. The summed E-state index contributed by atoms with van der Waals surface area (Å²) in [7, 11) is 0. The van der Waals surface area contributed by atoms with E-state index in [2.05, 4.69) is 19.2 Å². The van der Waals surface area contributed by atoms with Gasteiger partial charge in [-0.3, -0.25) is 0 Å². The van der Waals surface area contributed by atoms with Gasteiger partial charge in [0.1, 0.15) is 0 Å². The zero-order valence-corrected chi connectivity index (χ0v) is 11.5. The molecule has 0 aliphatic carbocycles. The number of halogens is 3. The average molecular weight is 269 g/mol. The van der Waals surface area contributed by atoms with E-state index in [9.17, 15) is 13.2 Å². The highest BCUT2D eigenvalue weighted by Crippen LogP contribution is 2.20. The predicted octanol–water partition coefficient (Wildman–Crippen LogP) is 3.76. The molecule has 0 aromatic heterocycles. The minimum atomic E-state index is -4.05. The Hall–Kier alpha value is -0.290. The topological polar surface area (TPSA) is 21.3 Å². The first-order valence-corrected chi connectivity index (χ1v) is 6.77. The molecule has 0 radical (unpaired) electrons. The van der Waals surface area contributed by atoms with E-state index < -0.39 is 12.6 Å². The van der Waals surface area contributed by atoms with Gasteiger partial charge in [0.25, 0.3) is 0 Å². The molecule has 0 rings (SSSR count). The van der Waals surface area contributed by atoms with Gasteiger partial charge in [-0.05, 0) is 44.7 Å². The molecule has 0 amide bonds. The lowest BCUT2D eigenvalue weighted by Gasteiger charge is -2.08. The van der Waals surface area contributed by atoms with Crippen molar-refractivity contribution in [2.75, 3.05) is 26.3 Å². The number of rotatable bonds is 11. The molecule has 0 saturated carbocycles. The zero-order chi connectivity index (χ0) is 13.9. The maximum Gasteiger partial charge on any atom is 0.389 e. The number of hydrogen-bond acceptors (Lipinski definition) is 2. The molecule has 1 N–H and O–H groups in total. The number of nitrogens with one attached hydrogen (secondary N) is 1. The van der Waals surface area contributed by atoms with E-state index >= 15 is 0 Å². The van der Waals surface area contributed by atoms with Gasteiger partial charge >= 0.3 is 6.18 Å². The molecule has 0 aromatic rings. The molecule has 18 heavy (non-hydrogen) atoms. The molecule has 0 aliphatic heterocycles. The van der Waals surface area contributed by atoms with E-state index in [0.29, 0.717) is 12.5 Å². The minimum absolute atomic E-state index is 0.0689. The molecule has 2 nitrogen and oxygen atoms in total. The number of unbranched alkanes of at least 4 members (excludes halogenated alkanes) is 2. The summed E-state index contributed by atoms with van der Waals surface area (Å²) in [5.41, 5.74) is 0. The Morgan fingerprint density at radius 3 is 2.28 bits per heavy atom. The van der Waals surface area contributed by atoms with Crippen molar-refractivity contribution < 1.29 is 17.9 Å². The molecule has 5 heteroatoms. The van der Waals surface area contributed by atoms with Gasteiger partial charge in [0.05, 0.1) is 0 Å². The fraction of sp³-hybridized carbons (Fsp3) is 1.00. The Balaban J connectivity index is 3.04. The highest BCUT2D eigenvalue weighted by atomic mass is 19.4. The molecule has 0 aliphatic rings. The van der Waals surface area contributed by atoms with Gasteiger partial charge in [-0.25, -0.2) is 0 Å². The van der Waals surface area contributed by atoms with E-state index in [0.717, 1.165) is 32.4 Å². The fourth-order valence-corrected chi connectivity index (χ4v) is 1.50. The first kappa shape index (κ1) is 17.7. The van der Waals surface area contributed by atoms with Crippen LogP contribution < -0.4 is 5.32 Å². The van der Waals surface area contributed by atoms with Crippen LogP contribution in [0.4, 0.5) is 13.2 Å². The van der Waals surface area contributed by atoms with Crippen molar-refractivity contribution in [1.82, 2.24) is 5.32 Å². The van der Waals surface area contributed by atoms with Gasteiger partial charge in [-0.1, -0.05) is 13.8 Å². The van der Waals surface area contributed by atoms with Crippen LogP contribution in [-0.2, 0) is 4.74 Å². The summed E-state index contributed by atoms with van der Waals surface area (Å²) in [6, 6.07) is 0. The number of hydrogen-bond donors (Lipinski definition) is 1. The van der Waals surface area contributed by atoms with E-state index in [-0.39, 0.29) is 13.0 Å². The molecule has 0 spiro atoms. The lowest BCUT2D eigenvalue weighted by atomic mass is 10.2. The molecule has 0 fully saturated rings. The summed E-state index contributed by atoms with van der Waals surface area (Å²) in [6.45, 7) is 7.16. The molecule has 0 bridgehead atoms. The van der Waals surface area contributed by atoms with Gasteiger partial charge in [0, 0.05) is 19.6 Å². The van der Waals surface area contributed by atoms with Crippen LogP contribution in [0.25, 0.3) is 0 Å². The second kappa shape index (κ2) is 10.6. The van der Waals surface area contributed by atoms with Crippen LogP contribution in [0.5, 0.6) is 0 Å². The van der Waals surface area contributed by atoms with E-state index in [1.54, 1.807) is 0 Å². The van der Waals surface area contributed by atoms with Crippen LogP contribution in [0.3, 0.4) is 0 Å². The summed E-state index contributed by atoms with van der Waals surface area (Å²) < 4.78 is 40.5. The third kappa shape index (κ3) is 15.7. The van der Waals surface area contributed by atoms with Crippen molar-refractivity contribution in [2.24, 2.45) is 5.92 Å². The number of ether oxygens (including phenoxy) is 1. The quantitative estimate of drug-likeness (QED) is 0.577. The highest BCUT2D eigenvalue weighted by molar-refractivity contribution is 4.52. The molecule has 0 atom stereocenters. The third-order valence-electron chi connectivity index (χ3n) is 2.44. The summed E-state index contributed by atoms with van der Waals surface area (Å²) >= 11 is 0. The zero-order valence-electron chi connectivity index (χ0n) is 11.5. The van der Waals surface area contributed by atoms with E-state index in [1.807, 2.05) is 0 Å². The van der Waals surface area contributed by atoms with Crippen LogP contribution in [0.1, 0.15) is 46.0 Å². The van der Waals surface area contributed by atoms with Gasteiger partial charge in [-0.15, -0.1) is 0 Å². The largest absolute Gasteiger partial charge is 0.389 e. The molecule has 0 saturated heterocycles. The summed E-state index contributed by atoms with van der Waals surface area (Å²) in [6.07, 6.45) is -1.64. The van der Waals surface area contributed by atoms with Crippen molar-refractivity contribution in [3.63, 3.8) is 0 Å². The molecule has 0 unspecified atom stereocenters. The van der Waals surface area contributed by atoms with Crippen LogP contribution in [-0.4, -0.2) is 32.5 Å². The lowest BCUT2D eigenvalue weighted by molar-refractivity contribution is -0.137. The Kier molecular flexibility index (Phi) is 10.4. The number of alkyl halides is 3. The van der Waals surface area contributed by atoms with E-state index in [1.165, 1.54) is 0 Å². The fourth-order valence-electron chi connectivity index (χ4n) is 1.50. The SMILES string of the molecule is CC(C)CNCCCCCOCCCC(F)(F)F. The standard InChI is InChI=1S/C13H26F3NO/c1-12(2)11-17-8-4-3-5-9-18-10-6-7-13(14,15)16/h12,17H,3-11H2,1-2H3. The van der Waals surface area contributed by atoms with Crippen molar-refractivity contribution in [3.8, 4) is 0 Å². The van der Waals surface area contributed by atoms with Gasteiger partial charge in [0.2, 0.25) is 0 Å². The normalized spacial score (nSPS) is 12.3. The van der Waals surface area contributed by atoms with Crippen molar-refractivity contribution in [2.45, 2.75) is 52.1 Å². The first-order chi connectivity index (χ1) is 8.42. The summed E-state index contributed by atoms with van der Waals surface area (Å²) in [4.78, 5) is 0. The van der Waals surface area contributed by atoms with Gasteiger partial charge in [-0.2, -0.15) is 13.2 Å². The maximum absolute atomic E-state index is 11.8. The average Bonchev–Trinajstić information content (AvgIpc) is 2.24. The Labute approximate surface area is 108 Å². The van der Waals surface area contributed by atoms with Gasteiger partial charge < -0.3 is 10.1 Å². The van der Waals surface area contributed by atoms with Crippen LogP contribution in [0.15, 0.2) is 0 Å². The lowest BCUT2D eigenvalue weighted by Crippen LogP contribution is -2.20. The Bertz CT molecular complexity index is 184. The summed E-state index contributed by atoms with van der Waals surface area (Å²) in [5.74, 6) is 0.668. The molecular formula is C13H26F3NO. The predicted molar refractivity (Wildman–Crippen MR) is 67.7 cm³/mol. The minimum Gasteiger partial charge on any atom is -0.381 e. The highest BCUT2D eigenvalue weighted by Gasteiger charge is 2.25. The third-order valence-corrected chi connectivity index (χ3v) is 2.44. The first-order valence-electron chi connectivity index (χ1n) is 6.77. The second-order valence-electron chi connectivity index (χ2n) is 4.99. The van der Waals surface area contributed by atoms with Gasteiger partial charge in [0.15, 0.2) is 0 Å².